The largest absolute Gasteiger partial charge is 0.342 e. The Morgan fingerprint density at radius 3 is 2.78 bits per heavy atom. The van der Waals surface area contributed by atoms with Crippen LogP contribution in [0.2, 0.25) is 5.02 Å². The van der Waals surface area contributed by atoms with Crippen molar-refractivity contribution < 1.29 is 4.79 Å². The average Bonchev–Trinajstić information content (AvgIpc) is 2.99. The highest BCUT2D eigenvalue weighted by Gasteiger charge is 2.21. The molecule has 1 atom stereocenters. The van der Waals surface area contributed by atoms with Crippen LogP contribution in [0.5, 0.6) is 0 Å². The Morgan fingerprint density at radius 1 is 1.22 bits per heavy atom. The van der Waals surface area contributed by atoms with Crippen LogP contribution in [0.1, 0.15) is 42.0 Å². The molecule has 23 heavy (non-hydrogen) atoms. The van der Waals surface area contributed by atoms with E-state index in [-0.39, 0.29) is 11.9 Å². The van der Waals surface area contributed by atoms with E-state index in [1.807, 2.05) is 28.8 Å². The van der Waals surface area contributed by atoms with Gasteiger partial charge in [0.05, 0.1) is 16.6 Å². The number of nitrogens with one attached hydrogen (secondary N) is 1. The van der Waals surface area contributed by atoms with Gasteiger partial charge in [0.15, 0.2) is 11.5 Å². The van der Waals surface area contributed by atoms with Gasteiger partial charge in [-0.1, -0.05) is 43.1 Å². The van der Waals surface area contributed by atoms with Gasteiger partial charge in [-0.3, -0.25) is 9.20 Å². The Bertz CT molecular complexity index is 830. The summed E-state index contributed by atoms with van der Waals surface area (Å²) < 4.78 is 1.90. The van der Waals surface area contributed by atoms with Gasteiger partial charge in [-0.2, -0.15) is 0 Å². The monoisotopic (exact) mass is 328 g/mol. The topological polar surface area (TPSA) is 59.3 Å². The number of carbonyl (C=O) groups excluding carboxylic acids is 1. The van der Waals surface area contributed by atoms with Gasteiger partial charge in [0.1, 0.15) is 0 Å². The average molecular weight is 329 g/mol. The predicted octanol–water partition coefficient (Wildman–Crippen LogP) is 3.65. The molecule has 0 saturated carbocycles. The van der Waals surface area contributed by atoms with Crippen LogP contribution in [0.15, 0.2) is 48.7 Å². The van der Waals surface area contributed by atoms with Crippen molar-refractivity contribution in [2.24, 2.45) is 0 Å². The zero-order valence-corrected chi connectivity index (χ0v) is 13.5. The molecule has 2 aromatic heterocycles. The zero-order valence-electron chi connectivity index (χ0n) is 12.7. The number of benzene rings is 1. The summed E-state index contributed by atoms with van der Waals surface area (Å²) in [5.41, 5.74) is 1.22. The van der Waals surface area contributed by atoms with E-state index in [0.717, 1.165) is 24.3 Å². The number of aromatic nitrogens is 3. The first-order valence-corrected chi connectivity index (χ1v) is 7.93. The standard InChI is InChI=1S/C17H17ClN4O/c1-2-7-14(16-21-20-15-10-5-6-11-22(15)16)19-17(23)12-8-3-4-9-13(12)18/h3-6,8-11,14H,2,7H2,1H3,(H,19,23)/t14-/m1/s1. The highest BCUT2D eigenvalue weighted by molar-refractivity contribution is 6.33. The third-order valence-electron chi connectivity index (χ3n) is 3.65. The van der Waals surface area contributed by atoms with Crippen LogP contribution in [0.25, 0.3) is 5.65 Å². The van der Waals surface area contributed by atoms with Gasteiger partial charge < -0.3 is 5.32 Å². The molecule has 0 unspecified atom stereocenters. The Balaban J connectivity index is 1.90. The van der Waals surface area contributed by atoms with E-state index in [4.69, 9.17) is 11.6 Å². The Kier molecular flexibility index (Phi) is 4.57. The van der Waals surface area contributed by atoms with Crippen LogP contribution in [0.3, 0.4) is 0 Å². The molecule has 5 nitrogen and oxygen atoms in total. The fourth-order valence-corrected chi connectivity index (χ4v) is 2.75. The SMILES string of the molecule is CCC[C@@H](NC(=O)c1ccccc1Cl)c1nnc2ccccn12. The molecule has 0 fully saturated rings. The van der Waals surface area contributed by atoms with Crippen molar-refractivity contribution in [3.05, 3.63) is 65.1 Å². The number of fused-ring (bicyclic) bond motifs is 1. The van der Waals surface area contributed by atoms with E-state index in [1.165, 1.54) is 0 Å². The molecule has 3 rings (SSSR count). The summed E-state index contributed by atoms with van der Waals surface area (Å²) in [6, 6.07) is 12.5. The first kappa shape index (κ1) is 15.5. The first-order chi connectivity index (χ1) is 11.2. The lowest BCUT2D eigenvalue weighted by Crippen LogP contribution is -2.30. The summed E-state index contributed by atoms with van der Waals surface area (Å²) in [5.74, 6) is 0.518. The van der Waals surface area contributed by atoms with Crippen LogP contribution in [0.4, 0.5) is 0 Å². The molecule has 1 aromatic carbocycles. The van der Waals surface area contributed by atoms with Gasteiger partial charge in [0.25, 0.3) is 5.91 Å². The van der Waals surface area contributed by atoms with Crippen molar-refractivity contribution in [1.82, 2.24) is 19.9 Å². The number of nitrogens with zero attached hydrogens (tertiary/aromatic N) is 3. The molecule has 2 heterocycles. The number of hydrogen-bond acceptors (Lipinski definition) is 3. The number of pyridine rings is 1. The van der Waals surface area contributed by atoms with Crippen LogP contribution in [-0.4, -0.2) is 20.5 Å². The second kappa shape index (κ2) is 6.79. The second-order valence-electron chi connectivity index (χ2n) is 5.28. The van der Waals surface area contributed by atoms with E-state index in [0.29, 0.717) is 10.6 Å². The summed E-state index contributed by atoms with van der Waals surface area (Å²) in [6.07, 6.45) is 3.58. The highest BCUT2D eigenvalue weighted by atomic mass is 35.5. The lowest BCUT2D eigenvalue weighted by molar-refractivity contribution is 0.0932. The third-order valence-corrected chi connectivity index (χ3v) is 3.98. The van der Waals surface area contributed by atoms with Gasteiger partial charge in [-0.25, -0.2) is 0 Å². The minimum atomic E-state index is -0.221. The molecular weight excluding hydrogens is 312 g/mol. The van der Waals surface area contributed by atoms with Gasteiger partial charge in [-0.05, 0) is 30.7 Å². The minimum Gasteiger partial charge on any atom is -0.342 e. The Labute approximate surface area is 139 Å². The molecule has 0 saturated heterocycles. The first-order valence-electron chi connectivity index (χ1n) is 7.55. The van der Waals surface area contributed by atoms with Crippen molar-refractivity contribution in [3.8, 4) is 0 Å². The molecule has 1 amide bonds. The summed E-state index contributed by atoms with van der Waals surface area (Å²) in [4.78, 5) is 12.5. The van der Waals surface area contributed by atoms with E-state index in [1.54, 1.807) is 24.3 Å². The maximum Gasteiger partial charge on any atom is 0.253 e. The molecule has 3 aromatic rings. The number of hydrogen-bond donors (Lipinski definition) is 1. The maximum absolute atomic E-state index is 12.5. The normalized spacial score (nSPS) is 12.3. The van der Waals surface area contributed by atoms with E-state index >= 15 is 0 Å². The van der Waals surface area contributed by atoms with Crippen molar-refractivity contribution in [1.29, 1.82) is 0 Å². The lowest BCUT2D eigenvalue weighted by Gasteiger charge is -2.17. The number of halogens is 1. The summed E-state index contributed by atoms with van der Waals surface area (Å²) in [7, 11) is 0. The molecule has 0 spiro atoms. The van der Waals surface area contributed by atoms with Gasteiger partial charge in [-0.15, -0.1) is 10.2 Å². The zero-order chi connectivity index (χ0) is 16.2. The van der Waals surface area contributed by atoms with Crippen LogP contribution >= 0.6 is 11.6 Å². The van der Waals surface area contributed by atoms with Crippen molar-refractivity contribution in [2.45, 2.75) is 25.8 Å². The molecule has 0 bridgehead atoms. The van der Waals surface area contributed by atoms with Crippen molar-refractivity contribution in [2.75, 3.05) is 0 Å². The summed E-state index contributed by atoms with van der Waals surface area (Å²) in [5, 5.41) is 11.9. The van der Waals surface area contributed by atoms with E-state index < -0.39 is 0 Å². The lowest BCUT2D eigenvalue weighted by atomic mass is 10.1. The smallest absolute Gasteiger partial charge is 0.253 e. The van der Waals surface area contributed by atoms with E-state index in [9.17, 15) is 4.79 Å². The number of rotatable bonds is 5. The fourth-order valence-electron chi connectivity index (χ4n) is 2.53. The van der Waals surface area contributed by atoms with Crippen molar-refractivity contribution >= 4 is 23.2 Å². The minimum absolute atomic E-state index is 0.207. The highest BCUT2D eigenvalue weighted by Crippen LogP contribution is 2.20. The number of amides is 1. The molecule has 118 valence electrons. The Hall–Kier alpha value is -2.40. The second-order valence-corrected chi connectivity index (χ2v) is 5.69. The summed E-state index contributed by atoms with van der Waals surface area (Å²) in [6.45, 7) is 2.07. The van der Waals surface area contributed by atoms with Gasteiger partial charge >= 0.3 is 0 Å². The van der Waals surface area contributed by atoms with Crippen molar-refractivity contribution in [3.63, 3.8) is 0 Å². The van der Waals surface area contributed by atoms with Gasteiger partial charge in [0.2, 0.25) is 0 Å². The molecule has 0 radical (unpaired) electrons. The molecule has 0 aliphatic rings. The molecule has 1 N–H and O–H groups in total. The van der Waals surface area contributed by atoms with Gasteiger partial charge in [0, 0.05) is 6.20 Å². The molecular formula is C17H17ClN4O. The maximum atomic E-state index is 12.5. The fraction of sp³-hybridized carbons (Fsp3) is 0.235. The predicted molar refractivity (Wildman–Crippen MR) is 89.6 cm³/mol. The number of carbonyl (C=O) groups is 1. The van der Waals surface area contributed by atoms with E-state index in [2.05, 4.69) is 22.4 Å². The quantitative estimate of drug-likeness (QED) is 0.777. The third kappa shape index (κ3) is 3.19. The molecule has 0 aliphatic carbocycles. The van der Waals surface area contributed by atoms with Crippen LogP contribution in [0, 0.1) is 0 Å². The summed E-state index contributed by atoms with van der Waals surface area (Å²) >= 11 is 6.11. The molecule has 0 aliphatic heterocycles. The van der Waals surface area contributed by atoms with Crippen LogP contribution in [-0.2, 0) is 0 Å². The molecule has 6 heteroatoms. The van der Waals surface area contributed by atoms with Crippen LogP contribution < -0.4 is 5.32 Å². The Morgan fingerprint density at radius 2 is 2.00 bits per heavy atom.